The lowest BCUT2D eigenvalue weighted by molar-refractivity contribution is -0.122. The summed E-state index contributed by atoms with van der Waals surface area (Å²) in [5.41, 5.74) is 6.64. The number of nitrogens with two attached hydrogens (primary N) is 1. The smallest absolute Gasteiger partial charge is 0.237 e. The van der Waals surface area contributed by atoms with Crippen molar-refractivity contribution in [3.8, 4) is 5.75 Å². The largest absolute Gasteiger partial charge is 0.508 e. The van der Waals surface area contributed by atoms with E-state index in [1.807, 2.05) is 0 Å². The molecule has 19 heavy (non-hydrogen) atoms. The number of nitrogens with one attached hydrogen (secondary N) is 1. The summed E-state index contributed by atoms with van der Waals surface area (Å²) in [5.74, 6) is -0.00630. The number of benzene rings is 1. The Hall–Kier alpha value is -1.59. The molecule has 1 aromatic rings. The minimum atomic E-state index is -0.612. The van der Waals surface area contributed by atoms with Gasteiger partial charge in [0.25, 0.3) is 0 Å². The maximum atomic E-state index is 11.8. The Morgan fingerprint density at radius 3 is 2.53 bits per heavy atom. The quantitative estimate of drug-likeness (QED) is 0.588. The van der Waals surface area contributed by atoms with Crippen LogP contribution in [0.5, 0.6) is 5.75 Å². The molecule has 0 aliphatic heterocycles. The van der Waals surface area contributed by atoms with Crippen molar-refractivity contribution in [2.24, 2.45) is 11.1 Å². The summed E-state index contributed by atoms with van der Waals surface area (Å²) in [4.78, 5) is 11.8. The third-order valence-electron chi connectivity index (χ3n) is 3.66. The van der Waals surface area contributed by atoms with Gasteiger partial charge in [-0.15, -0.1) is 0 Å². The fraction of sp³-hybridized carbons (Fsp3) is 0.500. The van der Waals surface area contributed by atoms with Crippen LogP contribution in [0.15, 0.2) is 24.3 Å². The summed E-state index contributed by atoms with van der Waals surface area (Å²) >= 11 is 0. The summed E-state index contributed by atoms with van der Waals surface area (Å²) in [6, 6.07) is 6.03. The van der Waals surface area contributed by atoms with Crippen molar-refractivity contribution < 1.29 is 15.0 Å². The molecule has 1 atom stereocenters. The minimum absolute atomic E-state index is 0.103. The van der Waals surface area contributed by atoms with E-state index >= 15 is 0 Å². The van der Waals surface area contributed by atoms with Gasteiger partial charge in [0.15, 0.2) is 0 Å². The van der Waals surface area contributed by atoms with Gasteiger partial charge in [0.2, 0.25) is 5.91 Å². The third kappa shape index (κ3) is 3.68. The first kappa shape index (κ1) is 13.8. The van der Waals surface area contributed by atoms with Crippen LogP contribution in [0.4, 0.5) is 0 Å². The zero-order valence-corrected chi connectivity index (χ0v) is 10.8. The molecule has 5 nitrogen and oxygen atoms in total. The van der Waals surface area contributed by atoms with Crippen molar-refractivity contribution in [1.82, 2.24) is 5.32 Å². The predicted molar refractivity (Wildman–Crippen MR) is 71.5 cm³/mol. The van der Waals surface area contributed by atoms with E-state index in [1.165, 1.54) is 0 Å². The second-order valence-corrected chi connectivity index (χ2v) is 5.35. The summed E-state index contributed by atoms with van der Waals surface area (Å²) < 4.78 is 0. The molecule has 5 heteroatoms. The highest BCUT2D eigenvalue weighted by Gasteiger charge is 2.42. The van der Waals surface area contributed by atoms with Crippen LogP contribution in [0.1, 0.15) is 18.4 Å². The maximum Gasteiger partial charge on any atom is 0.237 e. The second kappa shape index (κ2) is 5.59. The van der Waals surface area contributed by atoms with Crippen LogP contribution >= 0.6 is 0 Å². The number of aliphatic hydroxyl groups excluding tert-OH is 1. The number of hydrogen-bond acceptors (Lipinski definition) is 4. The van der Waals surface area contributed by atoms with Crippen LogP contribution in [0.25, 0.3) is 0 Å². The van der Waals surface area contributed by atoms with Gasteiger partial charge in [-0.2, -0.15) is 0 Å². The lowest BCUT2D eigenvalue weighted by Crippen LogP contribution is -2.44. The lowest BCUT2D eigenvalue weighted by atomic mass is 10.0. The molecule has 0 unspecified atom stereocenters. The van der Waals surface area contributed by atoms with E-state index in [9.17, 15) is 9.90 Å². The van der Waals surface area contributed by atoms with E-state index in [2.05, 4.69) is 5.32 Å². The van der Waals surface area contributed by atoms with Gasteiger partial charge in [-0.3, -0.25) is 4.79 Å². The zero-order valence-electron chi connectivity index (χ0n) is 10.8. The van der Waals surface area contributed by atoms with Crippen molar-refractivity contribution >= 4 is 5.91 Å². The Labute approximate surface area is 112 Å². The molecule has 0 radical (unpaired) electrons. The first-order chi connectivity index (χ1) is 9.04. The van der Waals surface area contributed by atoms with Crippen LogP contribution in [0.3, 0.4) is 0 Å². The molecule has 0 heterocycles. The molecule has 1 amide bonds. The number of aromatic hydroxyl groups is 1. The number of rotatable bonds is 6. The number of hydrogen-bond donors (Lipinski definition) is 4. The van der Waals surface area contributed by atoms with Gasteiger partial charge in [0.05, 0.1) is 12.6 Å². The van der Waals surface area contributed by atoms with Crippen LogP contribution in [-0.4, -0.2) is 35.3 Å². The van der Waals surface area contributed by atoms with Crippen LogP contribution < -0.4 is 11.1 Å². The molecule has 0 spiro atoms. The number of phenols is 1. The molecule has 0 bridgehead atoms. The van der Waals surface area contributed by atoms with Crippen LogP contribution in [0.2, 0.25) is 0 Å². The van der Waals surface area contributed by atoms with Crippen molar-refractivity contribution in [1.29, 1.82) is 0 Å². The topological polar surface area (TPSA) is 95.6 Å². The standard InChI is InChI=1S/C14H20N2O3/c15-12(7-10-1-3-11(18)4-2-10)13(19)16-8-14(9-17)5-6-14/h1-4,12,17-18H,5-9,15H2,(H,16,19)/t12-/m1/s1. The first-order valence-electron chi connectivity index (χ1n) is 6.47. The number of aliphatic hydroxyl groups is 1. The highest BCUT2D eigenvalue weighted by Crippen LogP contribution is 2.44. The average molecular weight is 264 g/mol. The molecule has 0 aromatic heterocycles. The molecule has 1 fully saturated rings. The monoisotopic (exact) mass is 264 g/mol. The highest BCUT2D eigenvalue weighted by molar-refractivity contribution is 5.81. The first-order valence-corrected chi connectivity index (χ1v) is 6.47. The Balaban J connectivity index is 1.80. The number of carbonyl (C=O) groups is 1. The van der Waals surface area contributed by atoms with Gasteiger partial charge in [-0.25, -0.2) is 0 Å². The highest BCUT2D eigenvalue weighted by atomic mass is 16.3. The van der Waals surface area contributed by atoms with Gasteiger partial charge >= 0.3 is 0 Å². The number of carbonyl (C=O) groups excluding carboxylic acids is 1. The molecule has 1 aliphatic rings. The van der Waals surface area contributed by atoms with Gasteiger partial charge in [0.1, 0.15) is 5.75 Å². The molecule has 5 N–H and O–H groups in total. The lowest BCUT2D eigenvalue weighted by Gasteiger charge is -2.16. The van der Waals surface area contributed by atoms with E-state index < -0.39 is 6.04 Å². The van der Waals surface area contributed by atoms with Gasteiger partial charge in [-0.05, 0) is 37.0 Å². The Bertz CT molecular complexity index is 441. The summed E-state index contributed by atoms with van der Waals surface area (Å²) in [5, 5.41) is 21.1. The molecular formula is C14H20N2O3. The minimum Gasteiger partial charge on any atom is -0.508 e. The van der Waals surface area contributed by atoms with Crippen molar-refractivity contribution in [3.63, 3.8) is 0 Å². The Morgan fingerprint density at radius 1 is 1.37 bits per heavy atom. The van der Waals surface area contributed by atoms with Crippen molar-refractivity contribution in [2.75, 3.05) is 13.2 Å². The van der Waals surface area contributed by atoms with E-state index in [1.54, 1.807) is 24.3 Å². The average Bonchev–Trinajstić information content (AvgIpc) is 3.19. The zero-order chi connectivity index (χ0) is 13.9. The normalized spacial score (nSPS) is 17.8. The molecule has 1 aliphatic carbocycles. The Morgan fingerprint density at radius 2 is 2.00 bits per heavy atom. The summed E-state index contributed by atoms with van der Waals surface area (Å²) in [6.07, 6.45) is 2.34. The molecule has 2 rings (SSSR count). The molecule has 104 valence electrons. The SMILES string of the molecule is N[C@H](Cc1ccc(O)cc1)C(=O)NCC1(CO)CC1. The third-order valence-corrected chi connectivity index (χ3v) is 3.66. The van der Waals surface area contributed by atoms with Crippen LogP contribution in [-0.2, 0) is 11.2 Å². The molecule has 0 saturated heterocycles. The predicted octanol–water partition coefficient (Wildman–Crippen LogP) is 0.151. The van der Waals surface area contributed by atoms with E-state index in [-0.39, 0.29) is 23.7 Å². The summed E-state index contributed by atoms with van der Waals surface area (Å²) in [6.45, 7) is 0.603. The fourth-order valence-electron chi connectivity index (χ4n) is 1.95. The number of phenolic OH excluding ortho intramolecular Hbond substituents is 1. The van der Waals surface area contributed by atoms with Gasteiger partial charge in [0, 0.05) is 12.0 Å². The number of amides is 1. The van der Waals surface area contributed by atoms with Crippen molar-refractivity contribution in [3.05, 3.63) is 29.8 Å². The van der Waals surface area contributed by atoms with E-state index in [0.717, 1.165) is 18.4 Å². The van der Waals surface area contributed by atoms with E-state index in [0.29, 0.717) is 13.0 Å². The van der Waals surface area contributed by atoms with E-state index in [4.69, 9.17) is 10.8 Å². The summed E-state index contributed by atoms with van der Waals surface area (Å²) in [7, 11) is 0. The molecule has 1 aromatic carbocycles. The van der Waals surface area contributed by atoms with Crippen molar-refractivity contribution in [2.45, 2.75) is 25.3 Å². The molecule has 1 saturated carbocycles. The molecular weight excluding hydrogens is 244 g/mol. The fourth-order valence-corrected chi connectivity index (χ4v) is 1.95. The van der Waals surface area contributed by atoms with Crippen LogP contribution in [0, 0.1) is 5.41 Å². The van der Waals surface area contributed by atoms with Gasteiger partial charge in [-0.1, -0.05) is 12.1 Å². The second-order valence-electron chi connectivity index (χ2n) is 5.35. The van der Waals surface area contributed by atoms with Gasteiger partial charge < -0.3 is 21.3 Å². The Kier molecular flexibility index (Phi) is 4.07. The maximum absolute atomic E-state index is 11.8.